The van der Waals surface area contributed by atoms with E-state index in [1.807, 2.05) is 31.6 Å². The molecule has 0 bridgehead atoms. The Labute approximate surface area is 140 Å². The summed E-state index contributed by atoms with van der Waals surface area (Å²) in [6.45, 7) is 6.44. The maximum Gasteiger partial charge on any atom is 0.115 e. The standard InChI is InChI=1S/C18H21N5O/c1-12(19)6-18-17(8-15-9-21-22-13(15)2)20-11-23(18)10-14-4-3-5-16(24)7-14/h3-5,7,9,11,24H,1,6,8,10,19H2,2H3,(H,21,22). The average Bonchev–Trinajstić information content (AvgIpc) is 3.08. The zero-order valence-corrected chi connectivity index (χ0v) is 13.7. The molecule has 0 fully saturated rings. The summed E-state index contributed by atoms with van der Waals surface area (Å²) in [4.78, 5) is 4.57. The molecular weight excluding hydrogens is 302 g/mol. The van der Waals surface area contributed by atoms with Crippen molar-refractivity contribution in [3.05, 3.63) is 77.3 Å². The van der Waals surface area contributed by atoms with Crippen molar-refractivity contribution in [3.63, 3.8) is 0 Å². The second-order valence-corrected chi connectivity index (χ2v) is 5.97. The molecule has 2 heterocycles. The van der Waals surface area contributed by atoms with Gasteiger partial charge in [0, 0.05) is 36.5 Å². The van der Waals surface area contributed by atoms with Gasteiger partial charge in [-0.05, 0) is 30.2 Å². The van der Waals surface area contributed by atoms with E-state index in [1.165, 1.54) is 0 Å². The fraction of sp³-hybridized carbons (Fsp3) is 0.222. The number of phenols is 1. The fourth-order valence-corrected chi connectivity index (χ4v) is 2.74. The number of aromatic hydroxyl groups is 1. The molecule has 0 unspecified atom stereocenters. The van der Waals surface area contributed by atoms with Crippen molar-refractivity contribution in [3.8, 4) is 5.75 Å². The lowest BCUT2D eigenvalue weighted by Gasteiger charge is -2.11. The first-order valence-corrected chi connectivity index (χ1v) is 7.76. The molecule has 124 valence electrons. The highest BCUT2D eigenvalue weighted by molar-refractivity contribution is 5.30. The molecule has 2 aromatic heterocycles. The first kappa shape index (κ1) is 15.9. The Morgan fingerprint density at radius 3 is 2.92 bits per heavy atom. The molecule has 4 N–H and O–H groups in total. The molecular formula is C18H21N5O. The molecule has 0 aliphatic heterocycles. The summed E-state index contributed by atoms with van der Waals surface area (Å²) < 4.78 is 2.05. The van der Waals surface area contributed by atoms with E-state index < -0.39 is 0 Å². The van der Waals surface area contributed by atoms with Crippen LogP contribution in [-0.2, 0) is 19.4 Å². The number of nitrogens with two attached hydrogens (primary N) is 1. The number of H-pyrrole nitrogens is 1. The van der Waals surface area contributed by atoms with Gasteiger partial charge in [-0.15, -0.1) is 0 Å². The van der Waals surface area contributed by atoms with Crippen LogP contribution in [0.1, 0.15) is 28.2 Å². The van der Waals surface area contributed by atoms with Gasteiger partial charge in [-0.25, -0.2) is 4.98 Å². The lowest BCUT2D eigenvalue weighted by molar-refractivity contribution is 0.474. The number of aromatic amines is 1. The van der Waals surface area contributed by atoms with Crippen LogP contribution in [0, 0.1) is 6.92 Å². The largest absolute Gasteiger partial charge is 0.508 e. The summed E-state index contributed by atoms with van der Waals surface area (Å²) in [7, 11) is 0. The molecule has 6 heteroatoms. The lowest BCUT2D eigenvalue weighted by atomic mass is 10.1. The Bertz CT molecular complexity index is 862. The summed E-state index contributed by atoms with van der Waals surface area (Å²) in [5.74, 6) is 0.256. The van der Waals surface area contributed by atoms with Gasteiger partial charge in [0.15, 0.2) is 0 Å². The molecule has 3 rings (SSSR count). The number of nitrogens with zero attached hydrogens (tertiary/aromatic N) is 3. The van der Waals surface area contributed by atoms with Crippen molar-refractivity contribution in [2.75, 3.05) is 0 Å². The summed E-state index contributed by atoms with van der Waals surface area (Å²) in [5, 5.41) is 16.7. The maximum atomic E-state index is 9.64. The summed E-state index contributed by atoms with van der Waals surface area (Å²) in [6, 6.07) is 7.22. The third-order valence-electron chi connectivity index (χ3n) is 3.98. The number of rotatable bonds is 6. The van der Waals surface area contributed by atoms with E-state index in [-0.39, 0.29) is 5.75 Å². The van der Waals surface area contributed by atoms with Crippen LogP contribution in [0.2, 0.25) is 0 Å². The van der Waals surface area contributed by atoms with E-state index in [0.29, 0.717) is 25.1 Å². The third-order valence-corrected chi connectivity index (χ3v) is 3.98. The molecule has 0 aliphatic carbocycles. The van der Waals surface area contributed by atoms with Crippen LogP contribution in [0.3, 0.4) is 0 Å². The number of allylic oxidation sites excluding steroid dienone is 1. The molecule has 0 saturated heterocycles. The van der Waals surface area contributed by atoms with E-state index in [9.17, 15) is 5.11 Å². The summed E-state index contributed by atoms with van der Waals surface area (Å²) in [5.41, 5.74) is 11.6. The second-order valence-electron chi connectivity index (χ2n) is 5.97. The van der Waals surface area contributed by atoms with Crippen molar-refractivity contribution in [1.29, 1.82) is 0 Å². The molecule has 3 aromatic rings. The van der Waals surface area contributed by atoms with E-state index >= 15 is 0 Å². The quantitative estimate of drug-likeness (QED) is 0.649. The molecule has 0 radical (unpaired) electrons. The minimum absolute atomic E-state index is 0.256. The topological polar surface area (TPSA) is 92.8 Å². The van der Waals surface area contributed by atoms with Gasteiger partial charge in [0.1, 0.15) is 5.75 Å². The van der Waals surface area contributed by atoms with Crippen LogP contribution < -0.4 is 5.73 Å². The number of aryl methyl sites for hydroxylation is 1. The number of nitrogens with one attached hydrogen (secondary N) is 1. The number of hydrogen-bond acceptors (Lipinski definition) is 4. The highest BCUT2D eigenvalue weighted by atomic mass is 16.3. The van der Waals surface area contributed by atoms with E-state index in [1.54, 1.807) is 12.1 Å². The third kappa shape index (κ3) is 3.48. The second kappa shape index (κ2) is 6.62. The highest BCUT2D eigenvalue weighted by Gasteiger charge is 2.14. The normalized spacial score (nSPS) is 10.9. The van der Waals surface area contributed by atoms with Gasteiger partial charge < -0.3 is 15.4 Å². The van der Waals surface area contributed by atoms with Crippen molar-refractivity contribution in [1.82, 2.24) is 19.7 Å². The molecule has 0 atom stereocenters. The van der Waals surface area contributed by atoms with Gasteiger partial charge in [-0.3, -0.25) is 5.10 Å². The van der Waals surface area contributed by atoms with Crippen LogP contribution >= 0.6 is 0 Å². The Kier molecular flexibility index (Phi) is 4.37. The van der Waals surface area contributed by atoms with Crippen molar-refractivity contribution in [2.45, 2.75) is 26.3 Å². The summed E-state index contributed by atoms with van der Waals surface area (Å²) >= 11 is 0. The van der Waals surface area contributed by atoms with Gasteiger partial charge in [-0.2, -0.15) is 5.10 Å². The lowest BCUT2D eigenvalue weighted by Crippen LogP contribution is -2.09. The van der Waals surface area contributed by atoms with E-state index in [4.69, 9.17) is 5.73 Å². The Morgan fingerprint density at radius 1 is 1.42 bits per heavy atom. The minimum Gasteiger partial charge on any atom is -0.508 e. The van der Waals surface area contributed by atoms with Gasteiger partial charge in [0.25, 0.3) is 0 Å². The molecule has 0 amide bonds. The molecule has 0 saturated carbocycles. The molecule has 6 nitrogen and oxygen atoms in total. The number of imidazole rings is 1. The van der Waals surface area contributed by atoms with Crippen LogP contribution in [-0.4, -0.2) is 24.9 Å². The number of hydrogen-bond donors (Lipinski definition) is 3. The van der Waals surface area contributed by atoms with Crippen LogP contribution in [0.25, 0.3) is 0 Å². The first-order chi connectivity index (χ1) is 11.5. The molecule has 0 spiro atoms. The first-order valence-electron chi connectivity index (χ1n) is 7.76. The molecule has 0 aliphatic rings. The van der Waals surface area contributed by atoms with Crippen LogP contribution in [0.15, 0.2) is 49.1 Å². The van der Waals surface area contributed by atoms with Gasteiger partial charge >= 0.3 is 0 Å². The number of aromatic nitrogens is 4. The van der Waals surface area contributed by atoms with E-state index in [2.05, 4.69) is 26.3 Å². The van der Waals surface area contributed by atoms with Crippen molar-refractivity contribution >= 4 is 0 Å². The van der Waals surface area contributed by atoms with Gasteiger partial charge in [0.05, 0.1) is 18.2 Å². The monoisotopic (exact) mass is 323 g/mol. The Balaban J connectivity index is 1.91. The van der Waals surface area contributed by atoms with Crippen molar-refractivity contribution in [2.24, 2.45) is 5.73 Å². The highest BCUT2D eigenvalue weighted by Crippen LogP contribution is 2.19. The minimum atomic E-state index is 0.256. The predicted octanol–water partition coefficient (Wildman–Crippen LogP) is 2.27. The zero-order chi connectivity index (χ0) is 17.1. The average molecular weight is 323 g/mol. The molecule has 24 heavy (non-hydrogen) atoms. The maximum absolute atomic E-state index is 9.64. The summed E-state index contributed by atoms with van der Waals surface area (Å²) in [6.07, 6.45) is 4.89. The SMILES string of the molecule is C=C(N)Cc1c(Cc2cn[nH]c2C)ncn1Cc1cccc(O)c1. The Morgan fingerprint density at radius 2 is 2.25 bits per heavy atom. The fourth-order valence-electron chi connectivity index (χ4n) is 2.74. The van der Waals surface area contributed by atoms with Gasteiger partial charge in [-0.1, -0.05) is 18.7 Å². The van der Waals surface area contributed by atoms with Crippen molar-refractivity contribution < 1.29 is 5.11 Å². The predicted molar refractivity (Wildman–Crippen MR) is 92.6 cm³/mol. The zero-order valence-electron chi connectivity index (χ0n) is 13.7. The Hall–Kier alpha value is -3.02. The molecule has 1 aromatic carbocycles. The smallest absolute Gasteiger partial charge is 0.115 e. The van der Waals surface area contributed by atoms with Crippen LogP contribution in [0.5, 0.6) is 5.75 Å². The number of benzene rings is 1. The van der Waals surface area contributed by atoms with E-state index in [0.717, 1.165) is 28.2 Å². The van der Waals surface area contributed by atoms with Crippen LogP contribution in [0.4, 0.5) is 0 Å². The number of phenolic OH excluding ortho intramolecular Hbond substituents is 1. The van der Waals surface area contributed by atoms with Gasteiger partial charge in [0.2, 0.25) is 0 Å².